The normalized spacial score (nSPS) is 12.9. The summed E-state index contributed by atoms with van der Waals surface area (Å²) in [4.78, 5) is 12.9. The lowest BCUT2D eigenvalue weighted by Gasteiger charge is -2.26. The number of benzene rings is 3. The zero-order valence-corrected chi connectivity index (χ0v) is 14.7. The van der Waals surface area contributed by atoms with Gasteiger partial charge in [-0.2, -0.15) is 5.10 Å². The molecule has 0 bridgehead atoms. The van der Waals surface area contributed by atoms with E-state index < -0.39 is 5.92 Å². The summed E-state index contributed by atoms with van der Waals surface area (Å²) in [6.45, 7) is 1.92. The van der Waals surface area contributed by atoms with E-state index >= 15 is 0 Å². The number of para-hydroxylation sites is 2. The Morgan fingerprint density at radius 1 is 1.04 bits per heavy atom. The molecule has 3 aromatic rings. The smallest absolute Gasteiger partial charge is 0.252 e. The molecule has 0 spiro atoms. The van der Waals surface area contributed by atoms with Crippen LogP contribution in [0.1, 0.15) is 28.2 Å². The van der Waals surface area contributed by atoms with Crippen LogP contribution in [0.5, 0.6) is 17.2 Å². The van der Waals surface area contributed by atoms with Gasteiger partial charge in [-0.15, -0.1) is 0 Å². The zero-order valence-electron chi connectivity index (χ0n) is 14.7. The van der Waals surface area contributed by atoms with Gasteiger partial charge in [0.25, 0.3) is 5.91 Å². The number of phenolic OH excluding ortho intramolecular Hbond substituents is 1. The minimum atomic E-state index is -0.519. The number of carbonyl (C=O) groups is 1. The lowest BCUT2D eigenvalue weighted by Crippen LogP contribution is -2.28. The number of aryl methyl sites for hydroxylation is 1. The third-order valence-electron chi connectivity index (χ3n) is 4.50. The maximum atomic E-state index is 12.9. The van der Waals surface area contributed by atoms with Crippen molar-refractivity contribution < 1.29 is 14.6 Å². The van der Waals surface area contributed by atoms with Gasteiger partial charge in [0.2, 0.25) is 0 Å². The fourth-order valence-electron chi connectivity index (χ4n) is 3.20. The van der Waals surface area contributed by atoms with Crippen LogP contribution < -0.4 is 10.2 Å². The van der Waals surface area contributed by atoms with Crippen LogP contribution in [0.15, 0.2) is 71.8 Å². The van der Waals surface area contributed by atoms with Crippen LogP contribution in [0.2, 0.25) is 0 Å². The van der Waals surface area contributed by atoms with E-state index in [1.165, 1.54) is 6.21 Å². The van der Waals surface area contributed by atoms with Crippen molar-refractivity contribution >= 4 is 12.1 Å². The molecule has 5 heteroatoms. The summed E-state index contributed by atoms with van der Waals surface area (Å²) in [6, 6.07) is 20.2. The molecule has 0 unspecified atom stereocenters. The molecule has 0 atom stereocenters. The largest absolute Gasteiger partial charge is 0.507 e. The van der Waals surface area contributed by atoms with E-state index in [1.807, 2.05) is 55.5 Å². The van der Waals surface area contributed by atoms with E-state index in [9.17, 15) is 9.90 Å². The van der Waals surface area contributed by atoms with E-state index in [4.69, 9.17) is 4.74 Å². The van der Waals surface area contributed by atoms with E-state index in [1.54, 1.807) is 18.2 Å². The Balaban J connectivity index is 1.62. The van der Waals surface area contributed by atoms with Gasteiger partial charge in [0.05, 0.1) is 12.1 Å². The van der Waals surface area contributed by atoms with Gasteiger partial charge in [-0.05, 0) is 31.2 Å². The number of hydrazone groups is 1. The topological polar surface area (TPSA) is 70.9 Å². The average Bonchev–Trinajstić information content (AvgIpc) is 2.68. The van der Waals surface area contributed by atoms with Crippen LogP contribution >= 0.6 is 0 Å². The van der Waals surface area contributed by atoms with Crippen LogP contribution in [0.25, 0.3) is 0 Å². The van der Waals surface area contributed by atoms with Crippen molar-refractivity contribution in [1.82, 2.24) is 5.43 Å². The number of rotatable bonds is 3. The van der Waals surface area contributed by atoms with Crippen molar-refractivity contribution in [3.63, 3.8) is 0 Å². The predicted molar refractivity (Wildman–Crippen MR) is 103 cm³/mol. The third-order valence-corrected chi connectivity index (χ3v) is 4.50. The monoisotopic (exact) mass is 358 g/mol. The number of nitrogens with one attached hydrogen (secondary N) is 1. The lowest BCUT2D eigenvalue weighted by molar-refractivity contribution is -0.121. The summed E-state index contributed by atoms with van der Waals surface area (Å²) < 4.78 is 5.91. The van der Waals surface area contributed by atoms with E-state index in [-0.39, 0.29) is 11.7 Å². The van der Waals surface area contributed by atoms with Gasteiger partial charge in [0.1, 0.15) is 17.2 Å². The van der Waals surface area contributed by atoms with Crippen LogP contribution in [-0.4, -0.2) is 17.2 Å². The molecule has 0 saturated carbocycles. The first-order chi connectivity index (χ1) is 13.1. The zero-order chi connectivity index (χ0) is 18.8. The van der Waals surface area contributed by atoms with Crippen molar-refractivity contribution in [2.45, 2.75) is 12.8 Å². The second-order valence-electron chi connectivity index (χ2n) is 6.41. The molecule has 0 fully saturated rings. The van der Waals surface area contributed by atoms with Crippen LogP contribution in [0.3, 0.4) is 0 Å². The predicted octanol–water partition coefficient (Wildman–Crippen LogP) is 4.09. The highest BCUT2D eigenvalue weighted by molar-refractivity contribution is 5.91. The fraction of sp³-hybridized carbons (Fsp3) is 0.0909. The van der Waals surface area contributed by atoms with Gasteiger partial charge < -0.3 is 9.84 Å². The van der Waals surface area contributed by atoms with Gasteiger partial charge in [0.15, 0.2) is 0 Å². The number of hydrogen-bond donors (Lipinski definition) is 2. The molecule has 0 aromatic heterocycles. The van der Waals surface area contributed by atoms with Crippen LogP contribution in [0, 0.1) is 6.92 Å². The number of aromatic hydroxyl groups is 1. The van der Waals surface area contributed by atoms with Crippen LogP contribution in [0.4, 0.5) is 0 Å². The highest BCUT2D eigenvalue weighted by Gasteiger charge is 2.32. The summed E-state index contributed by atoms with van der Waals surface area (Å²) in [5, 5.41) is 13.9. The first kappa shape index (κ1) is 16.8. The molecule has 0 radical (unpaired) electrons. The maximum Gasteiger partial charge on any atom is 0.252 e. The maximum absolute atomic E-state index is 12.9. The Kier molecular flexibility index (Phi) is 4.34. The Labute approximate surface area is 156 Å². The number of phenols is 1. The first-order valence-electron chi connectivity index (χ1n) is 8.62. The molecule has 4 rings (SSSR count). The van der Waals surface area contributed by atoms with Crippen molar-refractivity contribution in [2.24, 2.45) is 5.10 Å². The number of nitrogens with zero attached hydrogens (tertiary/aromatic N) is 1. The molecule has 5 nitrogen and oxygen atoms in total. The first-order valence-corrected chi connectivity index (χ1v) is 8.62. The molecular formula is C22H18N2O3. The minimum absolute atomic E-state index is 0.111. The average molecular weight is 358 g/mol. The second-order valence-corrected chi connectivity index (χ2v) is 6.41. The number of hydrogen-bond acceptors (Lipinski definition) is 4. The highest BCUT2D eigenvalue weighted by Crippen LogP contribution is 2.43. The van der Waals surface area contributed by atoms with E-state index in [0.717, 1.165) is 16.7 Å². The number of fused-ring (bicyclic) bond motifs is 2. The Morgan fingerprint density at radius 2 is 1.67 bits per heavy atom. The fourth-order valence-corrected chi connectivity index (χ4v) is 3.20. The lowest BCUT2D eigenvalue weighted by atomic mass is 9.87. The molecule has 1 amide bonds. The molecule has 1 aliphatic rings. The highest BCUT2D eigenvalue weighted by atomic mass is 16.5. The number of amides is 1. The molecule has 0 aliphatic carbocycles. The molecule has 2 N–H and O–H groups in total. The number of ether oxygens (including phenoxy) is 1. The standard InChI is InChI=1S/C22H18N2O3/c1-14-10-11-18(25)15(12-14)13-23-24-22(26)21-16-6-2-4-8-19(16)27-20-9-5-3-7-17(20)21/h2-13,21,25H,1H3,(H,24,26)/b23-13-. The van der Waals surface area contributed by atoms with Crippen molar-refractivity contribution in [3.05, 3.63) is 89.0 Å². The summed E-state index contributed by atoms with van der Waals surface area (Å²) in [5.41, 5.74) is 5.72. The van der Waals surface area contributed by atoms with Crippen molar-refractivity contribution in [3.8, 4) is 17.2 Å². The minimum Gasteiger partial charge on any atom is -0.507 e. The molecule has 0 saturated heterocycles. The summed E-state index contributed by atoms with van der Waals surface area (Å²) >= 11 is 0. The van der Waals surface area contributed by atoms with Gasteiger partial charge in [-0.25, -0.2) is 5.43 Å². The molecule has 3 aromatic carbocycles. The molecule has 134 valence electrons. The van der Waals surface area contributed by atoms with Gasteiger partial charge in [-0.3, -0.25) is 4.79 Å². The third kappa shape index (κ3) is 3.27. The SMILES string of the molecule is Cc1ccc(O)c(/C=N\NC(=O)C2c3ccccc3Oc3ccccc32)c1. The van der Waals surface area contributed by atoms with Crippen LogP contribution in [-0.2, 0) is 4.79 Å². The van der Waals surface area contributed by atoms with Gasteiger partial charge >= 0.3 is 0 Å². The van der Waals surface area contributed by atoms with E-state index in [2.05, 4.69) is 10.5 Å². The molecular weight excluding hydrogens is 340 g/mol. The summed E-state index contributed by atoms with van der Waals surface area (Å²) in [7, 11) is 0. The second kappa shape index (κ2) is 6.96. The van der Waals surface area contributed by atoms with Gasteiger partial charge in [-0.1, -0.05) is 48.0 Å². The van der Waals surface area contributed by atoms with E-state index in [0.29, 0.717) is 17.1 Å². The molecule has 1 aliphatic heterocycles. The Bertz CT molecular complexity index is 998. The molecule has 27 heavy (non-hydrogen) atoms. The Hall–Kier alpha value is -3.60. The quantitative estimate of drug-likeness (QED) is 0.547. The number of carbonyl (C=O) groups excluding carboxylic acids is 1. The van der Waals surface area contributed by atoms with Crippen molar-refractivity contribution in [2.75, 3.05) is 0 Å². The Morgan fingerprint density at radius 3 is 2.33 bits per heavy atom. The summed E-state index contributed by atoms with van der Waals surface area (Å²) in [5.74, 6) is 0.657. The summed E-state index contributed by atoms with van der Waals surface area (Å²) in [6.07, 6.45) is 1.44. The van der Waals surface area contributed by atoms with Crippen molar-refractivity contribution in [1.29, 1.82) is 0 Å². The van der Waals surface area contributed by atoms with Gasteiger partial charge in [0, 0.05) is 16.7 Å². The molecule has 1 heterocycles.